The highest BCUT2D eigenvalue weighted by molar-refractivity contribution is 6.30. The van der Waals surface area contributed by atoms with Gasteiger partial charge >= 0.3 is 5.56 Å². The summed E-state index contributed by atoms with van der Waals surface area (Å²) in [6.45, 7) is 2.72. The Balaban J connectivity index is 2.41. The lowest BCUT2D eigenvalue weighted by atomic mass is 10.2. The second kappa shape index (κ2) is 5.86. The van der Waals surface area contributed by atoms with Crippen LogP contribution in [0.15, 0.2) is 35.4 Å². The number of rotatable bonds is 4. The van der Waals surface area contributed by atoms with Crippen molar-refractivity contribution in [1.29, 1.82) is 0 Å². The van der Waals surface area contributed by atoms with Crippen molar-refractivity contribution in [2.75, 3.05) is 0 Å². The molecule has 100 valence electrons. The highest BCUT2D eigenvalue weighted by atomic mass is 35.5. The fraction of sp³-hybridized carbons (Fsp3) is 0.231. The monoisotopic (exact) mass is 279 g/mol. The van der Waals surface area contributed by atoms with E-state index in [4.69, 9.17) is 22.1 Å². The smallest absolute Gasteiger partial charge is 0.313 e. The number of aromatic nitrogens is 2. The Morgan fingerprint density at radius 3 is 2.95 bits per heavy atom. The lowest BCUT2D eigenvalue weighted by Gasteiger charge is -2.10. The van der Waals surface area contributed by atoms with E-state index in [0.29, 0.717) is 23.9 Å². The van der Waals surface area contributed by atoms with Crippen molar-refractivity contribution in [3.8, 4) is 11.6 Å². The molecule has 0 aliphatic carbocycles. The van der Waals surface area contributed by atoms with E-state index in [2.05, 4.69) is 4.98 Å². The first kappa shape index (κ1) is 13.6. The molecule has 0 atom stereocenters. The van der Waals surface area contributed by atoms with Crippen LogP contribution in [0.2, 0.25) is 5.02 Å². The topological polar surface area (TPSA) is 70.1 Å². The summed E-state index contributed by atoms with van der Waals surface area (Å²) in [6, 6.07) is 5.10. The zero-order valence-electron chi connectivity index (χ0n) is 10.5. The van der Waals surface area contributed by atoms with Gasteiger partial charge in [0.05, 0.1) is 0 Å². The van der Waals surface area contributed by atoms with Gasteiger partial charge in [0.2, 0.25) is 0 Å². The van der Waals surface area contributed by atoms with Crippen LogP contribution in [0.1, 0.15) is 12.5 Å². The van der Waals surface area contributed by atoms with E-state index in [-0.39, 0.29) is 11.4 Å². The third-order valence-electron chi connectivity index (χ3n) is 2.68. The zero-order chi connectivity index (χ0) is 13.8. The molecule has 0 spiro atoms. The van der Waals surface area contributed by atoms with Crippen molar-refractivity contribution in [2.24, 2.45) is 5.73 Å². The van der Waals surface area contributed by atoms with Crippen LogP contribution in [0.4, 0.5) is 0 Å². The number of nitrogens with two attached hydrogens (primary N) is 1. The first-order valence-corrected chi connectivity index (χ1v) is 6.25. The van der Waals surface area contributed by atoms with Crippen LogP contribution in [-0.4, -0.2) is 9.55 Å². The van der Waals surface area contributed by atoms with E-state index in [9.17, 15) is 4.79 Å². The summed E-state index contributed by atoms with van der Waals surface area (Å²) >= 11 is 5.91. The van der Waals surface area contributed by atoms with Crippen LogP contribution in [0, 0.1) is 0 Å². The molecule has 2 N–H and O–H groups in total. The van der Waals surface area contributed by atoms with Gasteiger partial charge in [-0.2, -0.15) is 0 Å². The number of halogens is 1. The maximum Gasteiger partial charge on any atom is 0.313 e. The van der Waals surface area contributed by atoms with Crippen molar-refractivity contribution in [2.45, 2.75) is 20.0 Å². The molecule has 0 aliphatic heterocycles. The van der Waals surface area contributed by atoms with Gasteiger partial charge in [0, 0.05) is 36.1 Å². The van der Waals surface area contributed by atoms with Crippen LogP contribution < -0.4 is 16.0 Å². The zero-order valence-corrected chi connectivity index (χ0v) is 11.2. The molecule has 0 unspecified atom stereocenters. The van der Waals surface area contributed by atoms with Gasteiger partial charge in [0.15, 0.2) is 0 Å². The van der Waals surface area contributed by atoms with Gasteiger partial charge in [0.1, 0.15) is 5.75 Å². The summed E-state index contributed by atoms with van der Waals surface area (Å²) in [7, 11) is 0. The van der Waals surface area contributed by atoms with Crippen molar-refractivity contribution >= 4 is 11.6 Å². The fourth-order valence-electron chi connectivity index (χ4n) is 1.64. The summed E-state index contributed by atoms with van der Waals surface area (Å²) in [6.07, 6.45) is 3.13. The predicted octanol–water partition coefficient (Wildman–Crippen LogP) is 2.17. The van der Waals surface area contributed by atoms with Crippen molar-refractivity contribution < 1.29 is 4.74 Å². The summed E-state index contributed by atoms with van der Waals surface area (Å²) in [5, 5.41) is 0.513. The average molecular weight is 280 g/mol. The number of benzene rings is 1. The molecule has 6 heteroatoms. The minimum atomic E-state index is -0.284. The molecule has 1 aromatic carbocycles. The Labute approximate surface area is 115 Å². The minimum Gasteiger partial charge on any atom is -0.434 e. The third kappa shape index (κ3) is 2.94. The minimum absolute atomic E-state index is 0.0151. The Hall–Kier alpha value is -1.85. The summed E-state index contributed by atoms with van der Waals surface area (Å²) in [4.78, 5) is 15.9. The second-order valence-electron chi connectivity index (χ2n) is 3.88. The number of hydrogen-bond acceptors (Lipinski definition) is 4. The summed E-state index contributed by atoms with van der Waals surface area (Å²) in [5.41, 5.74) is 6.10. The lowest BCUT2D eigenvalue weighted by molar-refractivity contribution is 0.440. The van der Waals surface area contributed by atoms with E-state index in [0.717, 1.165) is 5.56 Å². The van der Waals surface area contributed by atoms with E-state index in [1.807, 2.05) is 6.92 Å². The van der Waals surface area contributed by atoms with Gasteiger partial charge in [-0.05, 0) is 19.1 Å². The van der Waals surface area contributed by atoms with Crippen molar-refractivity contribution in [3.63, 3.8) is 0 Å². The molecule has 0 fully saturated rings. The number of nitrogens with zero attached hydrogens (tertiary/aromatic N) is 2. The predicted molar refractivity (Wildman–Crippen MR) is 73.6 cm³/mol. The normalized spacial score (nSPS) is 10.5. The molecule has 0 saturated carbocycles. The van der Waals surface area contributed by atoms with Crippen LogP contribution in [-0.2, 0) is 13.1 Å². The molecular weight excluding hydrogens is 266 g/mol. The largest absolute Gasteiger partial charge is 0.434 e. The van der Waals surface area contributed by atoms with E-state index in [1.165, 1.54) is 10.8 Å². The Morgan fingerprint density at radius 1 is 1.47 bits per heavy atom. The van der Waals surface area contributed by atoms with Gasteiger partial charge in [-0.15, -0.1) is 0 Å². The molecule has 0 aliphatic rings. The molecule has 0 bridgehead atoms. The fourth-order valence-corrected chi connectivity index (χ4v) is 1.80. The molecule has 1 heterocycles. The number of hydrogen-bond donors (Lipinski definition) is 1. The Bertz CT molecular complexity index is 640. The van der Waals surface area contributed by atoms with E-state index < -0.39 is 0 Å². The lowest BCUT2D eigenvalue weighted by Crippen LogP contribution is -2.20. The molecule has 0 radical (unpaired) electrons. The van der Waals surface area contributed by atoms with Crippen LogP contribution in [0.25, 0.3) is 0 Å². The SMILES string of the molecule is CCn1ccnc(Oc2cc(Cl)ccc2CN)c1=O. The molecular formula is C13H14ClN3O2. The van der Waals surface area contributed by atoms with Crippen LogP contribution >= 0.6 is 11.6 Å². The molecule has 5 nitrogen and oxygen atoms in total. The number of ether oxygens (including phenoxy) is 1. The Morgan fingerprint density at radius 2 is 2.26 bits per heavy atom. The van der Waals surface area contributed by atoms with E-state index in [1.54, 1.807) is 24.4 Å². The average Bonchev–Trinajstić information content (AvgIpc) is 2.41. The van der Waals surface area contributed by atoms with Gasteiger partial charge in [-0.3, -0.25) is 4.79 Å². The molecule has 0 saturated heterocycles. The molecule has 0 amide bonds. The molecule has 2 rings (SSSR count). The highest BCUT2D eigenvalue weighted by Gasteiger charge is 2.10. The van der Waals surface area contributed by atoms with Crippen molar-refractivity contribution in [3.05, 3.63) is 51.5 Å². The van der Waals surface area contributed by atoms with Crippen LogP contribution in [0.5, 0.6) is 11.6 Å². The van der Waals surface area contributed by atoms with Gasteiger partial charge in [-0.1, -0.05) is 17.7 Å². The first-order chi connectivity index (χ1) is 9.15. The second-order valence-corrected chi connectivity index (χ2v) is 4.32. The molecule has 1 aromatic heterocycles. The summed E-state index contributed by atoms with van der Waals surface area (Å²) < 4.78 is 7.05. The maximum absolute atomic E-state index is 12.0. The standard InChI is InChI=1S/C13H14ClN3O2/c1-2-17-6-5-16-12(13(17)18)19-11-7-10(14)4-3-9(11)8-15/h3-7H,2,8,15H2,1H3. The highest BCUT2D eigenvalue weighted by Crippen LogP contribution is 2.25. The maximum atomic E-state index is 12.0. The number of aryl methyl sites for hydroxylation is 1. The van der Waals surface area contributed by atoms with E-state index >= 15 is 0 Å². The molecule has 19 heavy (non-hydrogen) atoms. The Kier molecular flexibility index (Phi) is 4.19. The van der Waals surface area contributed by atoms with Gasteiger partial charge in [-0.25, -0.2) is 4.98 Å². The van der Waals surface area contributed by atoms with Gasteiger partial charge < -0.3 is 15.0 Å². The summed E-state index contributed by atoms with van der Waals surface area (Å²) in [5.74, 6) is 0.467. The first-order valence-electron chi connectivity index (χ1n) is 5.87. The van der Waals surface area contributed by atoms with Crippen molar-refractivity contribution in [1.82, 2.24) is 9.55 Å². The third-order valence-corrected chi connectivity index (χ3v) is 2.91. The molecule has 2 aromatic rings. The quantitative estimate of drug-likeness (QED) is 0.931. The van der Waals surface area contributed by atoms with Crippen LogP contribution in [0.3, 0.4) is 0 Å². The van der Waals surface area contributed by atoms with Gasteiger partial charge in [0.25, 0.3) is 5.88 Å².